The van der Waals surface area contributed by atoms with Crippen molar-refractivity contribution in [3.8, 4) is 5.75 Å². The van der Waals surface area contributed by atoms with E-state index in [4.69, 9.17) is 4.74 Å². The van der Waals surface area contributed by atoms with Crippen molar-refractivity contribution in [2.24, 2.45) is 17.0 Å². The van der Waals surface area contributed by atoms with Crippen molar-refractivity contribution in [3.05, 3.63) is 29.8 Å². The highest BCUT2D eigenvalue weighted by Crippen LogP contribution is 2.42. The number of benzene rings is 1. The predicted octanol–water partition coefficient (Wildman–Crippen LogP) is 3.70. The number of nitrogens with zero attached hydrogens (tertiary/aromatic N) is 1. The van der Waals surface area contributed by atoms with Gasteiger partial charge in [0.2, 0.25) is 0 Å². The smallest absolute Gasteiger partial charge is 0.129 e. The molecule has 0 saturated carbocycles. The molecule has 0 bridgehead atoms. The lowest BCUT2D eigenvalue weighted by molar-refractivity contribution is -0.0196. The highest BCUT2D eigenvalue weighted by molar-refractivity contribution is 6.04. The highest BCUT2D eigenvalue weighted by Gasteiger charge is 2.44. The Morgan fingerprint density at radius 2 is 1.78 bits per heavy atom. The predicted molar refractivity (Wildman–Crippen MR) is 72.4 cm³/mol. The Bertz CT molecular complexity index is 455. The standard InChI is InChI=1S/C15H21NO2/c1-10(2)15(11(3)4)9-13(16-17)12-7-5-6-8-14(12)18-15/h5-8,10-11,17H,9H2,1-4H3/b16-13+. The molecule has 98 valence electrons. The first-order valence-corrected chi connectivity index (χ1v) is 6.50. The summed E-state index contributed by atoms with van der Waals surface area (Å²) in [7, 11) is 0. The maximum absolute atomic E-state index is 9.27. The minimum atomic E-state index is -0.296. The van der Waals surface area contributed by atoms with Crippen molar-refractivity contribution >= 4 is 5.71 Å². The maximum atomic E-state index is 9.27. The van der Waals surface area contributed by atoms with Crippen LogP contribution in [0, 0.1) is 11.8 Å². The van der Waals surface area contributed by atoms with E-state index < -0.39 is 0 Å². The average Bonchev–Trinajstić information content (AvgIpc) is 2.36. The summed E-state index contributed by atoms with van der Waals surface area (Å²) in [5, 5.41) is 12.8. The first-order valence-electron chi connectivity index (χ1n) is 6.50. The zero-order valence-electron chi connectivity index (χ0n) is 11.5. The second kappa shape index (κ2) is 4.63. The summed E-state index contributed by atoms with van der Waals surface area (Å²) in [4.78, 5) is 0. The molecule has 0 atom stereocenters. The van der Waals surface area contributed by atoms with Crippen LogP contribution < -0.4 is 4.74 Å². The molecule has 3 heteroatoms. The summed E-state index contributed by atoms with van der Waals surface area (Å²) in [5.74, 6) is 1.52. The number of fused-ring (bicyclic) bond motifs is 1. The molecule has 0 aliphatic carbocycles. The molecule has 1 aromatic carbocycles. The number of hydrogen-bond donors (Lipinski definition) is 1. The second-order valence-corrected chi connectivity index (χ2v) is 5.59. The molecule has 0 spiro atoms. The molecule has 1 heterocycles. The van der Waals surface area contributed by atoms with E-state index in [1.807, 2.05) is 24.3 Å². The fourth-order valence-electron chi connectivity index (χ4n) is 2.79. The van der Waals surface area contributed by atoms with Gasteiger partial charge in [0.25, 0.3) is 0 Å². The van der Waals surface area contributed by atoms with Crippen molar-refractivity contribution in [1.29, 1.82) is 0 Å². The van der Waals surface area contributed by atoms with E-state index in [9.17, 15) is 5.21 Å². The van der Waals surface area contributed by atoms with Gasteiger partial charge in [-0.1, -0.05) is 45.0 Å². The van der Waals surface area contributed by atoms with Gasteiger partial charge in [-0.3, -0.25) is 0 Å². The summed E-state index contributed by atoms with van der Waals surface area (Å²) in [6.45, 7) is 8.62. The van der Waals surface area contributed by atoms with Crippen LogP contribution in [0.2, 0.25) is 0 Å². The minimum Gasteiger partial charge on any atom is -0.486 e. The monoisotopic (exact) mass is 247 g/mol. The largest absolute Gasteiger partial charge is 0.486 e. The molecule has 0 radical (unpaired) electrons. The van der Waals surface area contributed by atoms with Crippen molar-refractivity contribution in [2.75, 3.05) is 0 Å². The van der Waals surface area contributed by atoms with Gasteiger partial charge in [-0.2, -0.15) is 0 Å². The Morgan fingerprint density at radius 3 is 2.33 bits per heavy atom. The van der Waals surface area contributed by atoms with Gasteiger partial charge in [0, 0.05) is 12.0 Å². The van der Waals surface area contributed by atoms with E-state index in [1.54, 1.807) is 0 Å². The Labute approximate surface area is 108 Å². The number of para-hydroxylation sites is 1. The SMILES string of the molecule is CC(C)C1(C(C)C)C/C(=N\O)c2ccccc2O1. The molecule has 2 rings (SSSR count). The molecule has 1 aliphatic rings. The molecular formula is C15H21NO2. The zero-order valence-corrected chi connectivity index (χ0v) is 11.5. The van der Waals surface area contributed by atoms with E-state index in [1.165, 1.54) is 0 Å². The van der Waals surface area contributed by atoms with Crippen LogP contribution in [0.25, 0.3) is 0 Å². The summed E-state index contributed by atoms with van der Waals surface area (Å²) in [5.41, 5.74) is 1.33. The van der Waals surface area contributed by atoms with Crippen LogP contribution in [-0.4, -0.2) is 16.5 Å². The zero-order chi connectivity index (χ0) is 13.3. The van der Waals surface area contributed by atoms with Gasteiger partial charge < -0.3 is 9.94 Å². The first-order chi connectivity index (χ1) is 8.51. The van der Waals surface area contributed by atoms with Crippen molar-refractivity contribution in [2.45, 2.75) is 39.7 Å². The Hall–Kier alpha value is -1.51. The number of ether oxygens (including phenoxy) is 1. The first kappa shape index (κ1) is 12.9. The summed E-state index contributed by atoms with van der Waals surface area (Å²) < 4.78 is 6.28. The lowest BCUT2D eigenvalue weighted by Crippen LogP contribution is -2.50. The van der Waals surface area contributed by atoms with Crippen LogP contribution in [0.4, 0.5) is 0 Å². The molecule has 0 fully saturated rings. The number of rotatable bonds is 2. The van der Waals surface area contributed by atoms with Gasteiger partial charge in [-0.25, -0.2) is 0 Å². The molecule has 1 aromatic rings. The van der Waals surface area contributed by atoms with Crippen LogP contribution in [0.5, 0.6) is 5.75 Å². The molecule has 18 heavy (non-hydrogen) atoms. The van der Waals surface area contributed by atoms with Crippen LogP contribution in [0.15, 0.2) is 29.4 Å². The van der Waals surface area contributed by atoms with E-state index in [2.05, 4.69) is 32.9 Å². The molecule has 0 unspecified atom stereocenters. The van der Waals surface area contributed by atoms with Gasteiger partial charge >= 0.3 is 0 Å². The van der Waals surface area contributed by atoms with Crippen molar-refractivity contribution in [1.82, 2.24) is 0 Å². The van der Waals surface area contributed by atoms with Gasteiger partial charge in [0.1, 0.15) is 11.4 Å². The topological polar surface area (TPSA) is 41.8 Å². The average molecular weight is 247 g/mol. The molecular weight excluding hydrogens is 226 g/mol. The molecule has 0 amide bonds. The van der Waals surface area contributed by atoms with Crippen LogP contribution in [0.1, 0.15) is 39.7 Å². The van der Waals surface area contributed by atoms with Crippen LogP contribution in [0.3, 0.4) is 0 Å². The van der Waals surface area contributed by atoms with Crippen molar-refractivity contribution < 1.29 is 9.94 Å². The fraction of sp³-hybridized carbons (Fsp3) is 0.533. The normalized spacial score (nSPS) is 20.0. The van der Waals surface area contributed by atoms with Gasteiger partial charge in [0.05, 0.1) is 5.71 Å². The molecule has 0 aromatic heterocycles. The van der Waals surface area contributed by atoms with Crippen LogP contribution in [-0.2, 0) is 0 Å². The Morgan fingerprint density at radius 1 is 1.17 bits per heavy atom. The molecule has 1 N–H and O–H groups in total. The Balaban J connectivity index is 2.53. The number of hydrogen-bond acceptors (Lipinski definition) is 3. The highest BCUT2D eigenvalue weighted by atomic mass is 16.5. The maximum Gasteiger partial charge on any atom is 0.129 e. The third-order valence-electron chi connectivity index (χ3n) is 4.02. The van der Waals surface area contributed by atoms with E-state index in [0.717, 1.165) is 17.0 Å². The van der Waals surface area contributed by atoms with E-state index in [0.29, 0.717) is 18.3 Å². The minimum absolute atomic E-state index is 0.296. The lowest BCUT2D eigenvalue weighted by atomic mass is 9.74. The fourth-order valence-corrected chi connectivity index (χ4v) is 2.79. The van der Waals surface area contributed by atoms with Crippen LogP contribution >= 0.6 is 0 Å². The Kier molecular flexibility index (Phi) is 3.33. The molecule has 3 nitrogen and oxygen atoms in total. The summed E-state index contributed by atoms with van der Waals surface area (Å²) in [6, 6.07) is 7.77. The van der Waals surface area contributed by atoms with E-state index in [-0.39, 0.29) is 5.60 Å². The van der Waals surface area contributed by atoms with Gasteiger partial charge in [0.15, 0.2) is 0 Å². The van der Waals surface area contributed by atoms with E-state index >= 15 is 0 Å². The van der Waals surface area contributed by atoms with Gasteiger partial charge in [-0.05, 0) is 24.0 Å². The third-order valence-corrected chi connectivity index (χ3v) is 4.02. The molecule has 1 aliphatic heterocycles. The third kappa shape index (κ3) is 1.88. The molecule has 0 saturated heterocycles. The van der Waals surface area contributed by atoms with Crippen molar-refractivity contribution in [3.63, 3.8) is 0 Å². The number of oxime groups is 1. The van der Waals surface area contributed by atoms with Gasteiger partial charge in [-0.15, -0.1) is 0 Å². The summed E-state index contributed by atoms with van der Waals surface area (Å²) in [6.07, 6.45) is 0.649. The summed E-state index contributed by atoms with van der Waals surface area (Å²) >= 11 is 0. The lowest BCUT2D eigenvalue weighted by Gasteiger charge is -2.45. The quantitative estimate of drug-likeness (QED) is 0.639. The second-order valence-electron chi connectivity index (χ2n) is 5.59.